The number of amidine groups is 1. The molecule has 9 aromatic heterocycles. The van der Waals surface area contributed by atoms with Crippen LogP contribution >= 0.6 is 60.2 Å². The predicted octanol–water partition coefficient (Wildman–Crippen LogP) is 15.2. The quantitative estimate of drug-likeness (QED) is 0.0277. The van der Waals surface area contributed by atoms with Crippen LogP contribution in [0.1, 0.15) is 28.4 Å². The van der Waals surface area contributed by atoms with Crippen LogP contribution in [0.3, 0.4) is 0 Å². The van der Waals surface area contributed by atoms with Gasteiger partial charge < -0.3 is 69.4 Å². The highest BCUT2D eigenvalue weighted by Crippen LogP contribution is 2.40. The number of halogens is 7. The molecule has 0 spiro atoms. The second-order valence-corrected chi connectivity index (χ2v) is 27.6. The van der Waals surface area contributed by atoms with Crippen molar-refractivity contribution in [1.29, 1.82) is 10.7 Å². The summed E-state index contributed by atoms with van der Waals surface area (Å²) in [5.41, 5.74) is 17.6. The molecule has 0 bridgehead atoms. The number of methoxy groups -OCH3 is 6. The molecular formula is C86H73Br3ClF3N18O16. The van der Waals surface area contributed by atoms with Crippen LogP contribution in [0.25, 0.3) is 99.8 Å². The molecule has 0 atom stereocenters. The number of hydrogen-bond donors (Lipinski definition) is 9. The van der Waals surface area contributed by atoms with Gasteiger partial charge in [-0.05, 0) is 187 Å². The fourth-order valence-corrected chi connectivity index (χ4v) is 12.7. The molecule has 16 rings (SSSR count). The average Bonchev–Trinajstić information content (AvgIpc) is 0.768. The summed E-state index contributed by atoms with van der Waals surface area (Å²) in [4.78, 5) is 124. The Bertz CT molecular complexity index is 6990. The summed E-state index contributed by atoms with van der Waals surface area (Å²) in [5, 5.41) is 33.7. The number of pyridine rings is 4. The van der Waals surface area contributed by atoms with Crippen molar-refractivity contribution in [3.63, 3.8) is 0 Å². The van der Waals surface area contributed by atoms with Gasteiger partial charge in [-0.2, -0.15) is 18.4 Å². The minimum atomic E-state index is -4.64. The number of Topliss-reactive ketones (excluding diaryl/α,β-unsaturated/α-hetero) is 1. The Morgan fingerprint density at radius 3 is 1.42 bits per heavy atom. The van der Waals surface area contributed by atoms with E-state index < -0.39 is 40.7 Å². The topological polar surface area (TPSA) is 508 Å². The molecule has 652 valence electrons. The molecule has 0 saturated heterocycles. The number of aromatic carboxylic acids is 1. The predicted molar refractivity (Wildman–Crippen MR) is 486 cm³/mol. The number of anilines is 3. The third-order valence-corrected chi connectivity index (χ3v) is 19.2. The Hall–Kier alpha value is -15.3. The minimum absolute atomic E-state index is 0. The number of nitrogens with one attached hydrogen (secondary N) is 6. The Labute approximate surface area is 748 Å². The molecule has 0 aliphatic rings. The first-order chi connectivity index (χ1) is 60.5. The van der Waals surface area contributed by atoms with Gasteiger partial charge in [-0.15, -0.1) is 12.4 Å². The number of fused-ring (bicyclic) bond motifs is 5. The second-order valence-electron chi connectivity index (χ2n) is 25.0. The summed E-state index contributed by atoms with van der Waals surface area (Å²) in [6.45, 7) is 0.486. The Morgan fingerprint density at radius 1 is 0.512 bits per heavy atom. The smallest absolute Gasteiger partial charge is 0.449 e. The number of carbonyl (C=O) groups excluding carboxylic acids is 1. The molecular weight excluding hydrogens is 1870 g/mol. The lowest BCUT2D eigenvalue weighted by Gasteiger charge is -2.15. The van der Waals surface area contributed by atoms with Gasteiger partial charge >= 0.3 is 34.9 Å². The molecule has 127 heavy (non-hydrogen) atoms. The number of nitrogens with two attached hydrogens (primary N) is 2. The molecule has 41 heteroatoms. The summed E-state index contributed by atoms with van der Waals surface area (Å²) in [5.74, 6) is 1.64. The Balaban J connectivity index is 0.000000185. The van der Waals surface area contributed by atoms with Gasteiger partial charge in [-0.3, -0.25) is 44.9 Å². The molecule has 11 N–H and O–H groups in total. The number of H-pyrrole nitrogens is 3. The number of ether oxygens (including phenoxy) is 6. The average molecular weight is 1950 g/mol. The van der Waals surface area contributed by atoms with Gasteiger partial charge in [0.15, 0.2) is 11.6 Å². The number of aromatic nitrogens is 12. The SMILES string of the molecule is CC(=O)C(F)(F)F.CNc1nc(-c2cccnc2)nc2c(-c3cccc(C#N)c3)ccc(OC)c12.CNc1nc(-c2cccnc2)nc2c(Br)ccc(OC)c12.COc1ccc(Br)c2[nH]c(=O)oc(=O)c12.COc1ccc(Br)c2nc(-c3cccnc3)[nH]c(=O)c12.COc1cccc(N)c1C(=O)O.COc1cccc2[nH]c(=O)oc(=O)c12.Cl.N=C(N)c1cccnc1. The number of aromatic amines is 3. The van der Waals surface area contributed by atoms with Gasteiger partial charge in [-0.1, -0.05) is 24.3 Å². The summed E-state index contributed by atoms with van der Waals surface area (Å²) < 4.78 is 74.5. The number of carboxylic acid groups (broad SMARTS) is 1. The van der Waals surface area contributed by atoms with E-state index in [9.17, 15) is 52.0 Å². The molecule has 0 radical (unpaired) electrons. The fourth-order valence-electron chi connectivity index (χ4n) is 11.4. The number of carboxylic acids is 1. The monoisotopic (exact) mass is 1940 g/mol. The lowest BCUT2D eigenvalue weighted by atomic mass is 9.99. The van der Waals surface area contributed by atoms with E-state index in [1.54, 1.807) is 143 Å². The van der Waals surface area contributed by atoms with Crippen LogP contribution in [-0.4, -0.2) is 145 Å². The number of nitriles is 1. The highest BCUT2D eigenvalue weighted by molar-refractivity contribution is 9.11. The lowest BCUT2D eigenvalue weighted by Crippen LogP contribution is -2.18. The van der Waals surface area contributed by atoms with Crippen molar-refractivity contribution in [3.8, 4) is 85.9 Å². The zero-order chi connectivity index (χ0) is 91.5. The van der Waals surface area contributed by atoms with Crippen LogP contribution in [-0.2, 0) is 4.79 Å². The molecule has 16 aromatic rings. The highest BCUT2D eigenvalue weighted by Gasteiger charge is 2.34. The van der Waals surface area contributed by atoms with E-state index in [4.69, 9.17) is 55.4 Å². The van der Waals surface area contributed by atoms with E-state index in [0.717, 1.165) is 70.1 Å². The van der Waals surface area contributed by atoms with Gasteiger partial charge in [0.2, 0.25) is 5.78 Å². The number of nitrogens with zero attached hydrogens (tertiary/aromatic N) is 10. The van der Waals surface area contributed by atoms with Crippen LogP contribution in [0.15, 0.2) is 254 Å². The zero-order valence-electron chi connectivity index (χ0n) is 68.0. The van der Waals surface area contributed by atoms with Crippen molar-refractivity contribution >= 4 is 150 Å². The molecule has 0 fully saturated rings. The number of benzene rings is 7. The zero-order valence-corrected chi connectivity index (χ0v) is 73.6. The van der Waals surface area contributed by atoms with Crippen molar-refractivity contribution in [3.05, 3.63) is 290 Å². The van der Waals surface area contributed by atoms with Crippen molar-refractivity contribution in [2.75, 3.05) is 73.1 Å². The molecule has 9 heterocycles. The fraction of sp³-hybridized carbons (Fsp3) is 0.116. The molecule has 0 saturated carbocycles. The number of rotatable bonds is 14. The van der Waals surface area contributed by atoms with Crippen LogP contribution < -0.4 is 78.8 Å². The first-order valence-corrected chi connectivity index (χ1v) is 38.7. The number of alkyl halides is 3. The largest absolute Gasteiger partial charge is 0.496 e. The normalized spacial score (nSPS) is 10.3. The maximum Gasteiger partial charge on any atom is 0.449 e. The van der Waals surface area contributed by atoms with E-state index in [1.807, 2.05) is 86.9 Å². The van der Waals surface area contributed by atoms with Gasteiger partial charge in [-0.25, -0.2) is 48.9 Å². The number of hydrogen-bond acceptors (Lipinski definition) is 29. The van der Waals surface area contributed by atoms with Gasteiger partial charge in [0.25, 0.3) is 5.56 Å². The highest BCUT2D eigenvalue weighted by atomic mass is 79.9. The number of carbonyl (C=O) groups is 2. The number of ketones is 1. The van der Waals surface area contributed by atoms with Crippen LogP contribution in [0.4, 0.5) is 30.5 Å². The number of nitrogen functional groups attached to an aromatic ring is 2. The van der Waals surface area contributed by atoms with Crippen LogP contribution in [0.2, 0.25) is 0 Å². The molecule has 0 unspecified atom stereocenters. The summed E-state index contributed by atoms with van der Waals surface area (Å²) in [7, 11) is 12.7. The Kier molecular flexibility index (Phi) is 34.9. The lowest BCUT2D eigenvalue weighted by molar-refractivity contribution is -0.168. The molecule has 34 nitrogen and oxygen atoms in total. The van der Waals surface area contributed by atoms with Gasteiger partial charge in [0.1, 0.15) is 79.5 Å². The van der Waals surface area contributed by atoms with E-state index in [2.05, 4.69) is 128 Å². The van der Waals surface area contributed by atoms with E-state index in [0.29, 0.717) is 90.7 Å². The minimum Gasteiger partial charge on any atom is -0.496 e. The van der Waals surface area contributed by atoms with Crippen LogP contribution in [0.5, 0.6) is 34.5 Å². The third kappa shape index (κ3) is 24.6. The maximum absolute atomic E-state index is 12.3. The Morgan fingerprint density at radius 2 is 0.945 bits per heavy atom. The summed E-state index contributed by atoms with van der Waals surface area (Å²) >= 11 is 10.2. The van der Waals surface area contributed by atoms with Crippen LogP contribution in [0, 0.1) is 16.7 Å². The first-order valence-electron chi connectivity index (χ1n) is 36.3. The van der Waals surface area contributed by atoms with Gasteiger partial charge in [0.05, 0.1) is 92.6 Å². The molecule has 0 aliphatic carbocycles. The molecule has 0 aliphatic heterocycles. The third-order valence-electron chi connectivity index (χ3n) is 17.2. The van der Waals surface area contributed by atoms with Crippen molar-refractivity contribution < 1.29 is 65.1 Å². The molecule has 7 aromatic carbocycles. The molecule has 0 amide bonds. The second kappa shape index (κ2) is 45.7. The first kappa shape index (κ1) is 97.1. The van der Waals surface area contributed by atoms with Crippen molar-refractivity contribution in [2.24, 2.45) is 5.73 Å². The van der Waals surface area contributed by atoms with E-state index in [1.165, 1.54) is 34.5 Å². The van der Waals surface area contributed by atoms with E-state index >= 15 is 0 Å². The maximum atomic E-state index is 12.3. The van der Waals surface area contributed by atoms with Crippen molar-refractivity contribution in [2.45, 2.75) is 13.1 Å². The summed E-state index contributed by atoms with van der Waals surface area (Å²) in [6.07, 6.45) is 8.80. The van der Waals surface area contributed by atoms with Gasteiger partial charge in [0, 0.05) is 118 Å². The van der Waals surface area contributed by atoms with Crippen molar-refractivity contribution in [1.82, 2.24) is 59.8 Å². The standard InChI is InChI=1S/C22H17N5O.C15H13BrN4O.C14H10BrN3O2.C9H6BrNO4.C9H7NO4.C8H9NO3.C6H7N3.C3H3F3O.ClH/c1-24-22-19-18(28-2)9-8-17(15-6-3-5-14(11-15)12-23)20(19)26-21(27-22)16-7-4-10-25-13-16;1-17-15-12-11(21-2)6-5-10(16)13(12)19-14(20-15)9-4-3-7-18-8-9;1-20-10-5-4-9(15)12-11(10)14(19)18-13(17-12)8-3-2-6-16-7-8;1-14-5-3-2-4(10)7-6(5)8(12)15-9(13)11-7;1-13-6-4-2-3-5-7(6)8(11)14-9(12)10-5;1-12-6-4-2-3-5(9)7(6)8(10)11;7-6(8)5-2-1-3-9-4-5;1-2(7)3(4,5)6;/h3-11,13H,1-2H3,(H,24,26,27);3-8H,1-2H3,(H,17,19,20);2-7H,1H3,(H,17,18,19);2-3H,1H3,(H,11,13);2-4H,1H3,(H,10,12);2-4H,9H2,1H3,(H,10,11);1-4H,(H3,7,8);1H3;1H. The summed E-state index contributed by atoms with van der Waals surface area (Å²) in [6, 6.07) is 48.5. The van der Waals surface area contributed by atoms with E-state index in [-0.39, 0.29) is 51.6 Å².